The monoisotopic (exact) mass is 436 g/mol. The van der Waals surface area contributed by atoms with Crippen LogP contribution >= 0.6 is 24.0 Å². The lowest BCUT2D eigenvalue weighted by Crippen LogP contribution is -2.35. The normalized spacial score (nSPS) is 20.4. The third-order valence-electron chi connectivity index (χ3n) is 5.61. The Morgan fingerprint density at radius 2 is 1.90 bits per heavy atom. The fourth-order valence-electron chi connectivity index (χ4n) is 3.86. The number of likely N-dealkylation sites (tertiary alicyclic amines) is 1. The number of benzene rings is 2. The zero-order chi connectivity index (χ0) is 21.1. The molecule has 4 nitrogen and oxygen atoms in total. The minimum absolute atomic E-state index is 0.0880. The molecular weight excluding hydrogens is 412 g/mol. The van der Waals surface area contributed by atoms with E-state index in [0.717, 1.165) is 25.1 Å². The first-order valence-electron chi connectivity index (χ1n) is 10.2. The highest BCUT2D eigenvalue weighted by atomic mass is 32.2. The van der Waals surface area contributed by atoms with Gasteiger partial charge in [-0.1, -0.05) is 84.1 Å². The van der Waals surface area contributed by atoms with Crippen molar-refractivity contribution in [3.8, 4) is 0 Å². The molecule has 0 bridgehead atoms. The fraction of sp³-hybridized carbons (Fsp3) is 0.292. The van der Waals surface area contributed by atoms with Crippen LogP contribution in [-0.2, 0) is 9.59 Å². The van der Waals surface area contributed by atoms with Gasteiger partial charge in [-0.2, -0.15) is 0 Å². The second-order valence-corrected chi connectivity index (χ2v) is 9.41. The molecule has 2 aliphatic heterocycles. The van der Waals surface area contributed by atoms with Gasteiger partial charge in [-0.3, -0.25) is 14.5 Å². The van der Waals surface area contributed by atoms with Gasteiger partial charge in [0.2, 0.25) is 5.91 Å². The molecule has 1 unspecified atom stereocenters. The molecule has 154 valence electrons. The molecule has 2 heterocycles. The van der Waals surface area contributed by atoms with E-state index in [1.165, 1.54) is 22.9 Å². The summed E-state index contributed by atoms with van der Waals surface area (Å²) >= 11 is 6.71. The first-order chi connectivity index (χ1) is 14.5. The van der Waals surface area contributed by atoms with Gasteiger partial charge in [-0.25, -0.2) is 0 Å². The zero-order valence-corrected chi connectivity index (χ0v) is 18.5. The molecule has 2 aromatic carbocycles. The summed E-state index contributed by atoms with van der Waals surface area (Å²) in [5.41, 5.74) is 3.43. The number of amides is 2. The van der Waals surface area contributed by atoms with Crippen molar-refractivity contribution in [2.75, 3.05) is 19.6 Å². The van der Waals surface area contributed by atoms with E-state index < -0.39 is 0 Å². The number of nitrogens with zero attached hydrogens (tertiary/aromatic N) is 2. The second kappa shape index (κ2) is 9.14. The topological polar surface area (TPSA) is 40.6 Å². The Bertz CT molecular complexity index is 986. The van der Waals surface area contributed by atoms with E-state index in [2.05, 4.69) is 12.1 Å². The van der Waals surface area contributed by atoms with Crippen LogP contribution in [0.3, 0.4) is 0 Å². The van der Waals surface area contributed by atoms with Gasteiger partial charge < -0.3 is 4.90 Å². The van der Waals surface area contributed by atoms with Gasteiger partial charge in [-0.15, -0.1) is 0 Å². The van der Waals surface area contributed by atoms with Crippen molar-refractivity contribution >= 4 is 46.2 Å². The summed E-state index contributed by atoms with van der Waals surface area (Å²) in [5.74, 6) is 0.371. The molecule has 4 rings (SSSR count). The molecule has 0 N–H and O–H groups in total. The van der Waals surface area contributed by atoms with E-state index in [-0.39, 0.29) is 11.8 Å². The van der Waals surface area contributed by atoms with Crippen molar-refractivity contribution in [1.82, 2.24) is 9.80 Å². The van der Waals surface area contributed by atoms with Gasteiger partial charge >= 0.3 is 0 Å². The maximum absolute atomic E-state index is 12.8. The van der Waals surface area contributed by atoms with Gasteiger partial charge in [-0.05, 0) is 30.5 Å². The highest BCUT2D eigenvalue weighted by Gasteiger charge is 2.33. The van der Waals surface area contributed by atoms with E-state index in [1.54, 1.807) is 4.90 Å². The van der Waals surface area contributed by atoms with Crippen LogP contribution in [0, 0.1) is 6.92 Å². The average Bonchev–Trinajstić information content (AvgIpc) is 3.34. The van der Waals surface area contributed by atoms with Crippen LogP contribution in [0.15, 0.2) is 59.5 Å². The molecule has 6 heteroatoms. The quantitative estimate of drug-likeness (QED) is 0.507. The molecule has 0 aliphatic carbocycles. The molecular formula is C24H24N2O2S2. The maximum Gasteiger partial charge on any atom is 0.266 e. The highest BCUT2D eigenvalue weighted by Crippen LogP contribution is 2.33. The Labute approximate surface area is 186 Å². The van der Waals surface area contributed by atoms with Gasteiger partial charge in [0.05, 0.1) is 4.91 Å². The number of carbonyl (C=O) groups excluding carboxylic acids is 2. The molecule has 1 atom stereocenters. The van der Waals surface area contributed by atoms with Crippen molar-refractivity contribution in [2.24, 2.45) is 0 Å². The van der Waals surface area contributed by atoms with Crippen LogP contribution in [0.1, 0.15) is 35.4 Å². The average molecular weight is 437 g/mol. The summed E-state index contributed by atoms with van der Waals surface area (Å²) in [6.07, 6.45) is 3.15. The van der Waals surface area contributed by atoms with Crippen molar-refractivity contribution in [2.45, 2.75) is 25.7 Å². The third-order valence-corrected chi connectivity index (χ3v) is 6.99. The molecule has 0 radical (unpaired) electrons. The van der Waals surface area contributed by atoms with E-state index in [0.29, 0.717) is 28.1 Å². The molecule has 30 heavy (non-hydrogen) atoms. The van der Waals surface area contributed by atoms with Crippen molar-refractivity contribution in [3.05, 3.63) is 76.2 Å². The number of rotatable bonds is 5. The van der Waals surface area contributed by atoms with Crippen LogP contribution in [0.4, 0.5) is 0 Å². The Morgan fingerprint density at radius 3 is 2.63 bits per heavy atom. The Balaban J connectivity index is 1.33. The van der Waals surface area contributed by atoms with Crippen LogP contribution in [0.25, 0.3) is 6.08 Å². The number of thioether (sulfide) groups is 1. The standard InChI is InChI=1S/C24H24N2O2S2/c1-17-7-9-18(10-8-17)15-21-23(28)26(24(29)30-21)14-12-22(27)25-13-11-20(16-25)19-5-3-2-4-6-19/h2-10,15,20H,11-14,16H2,1H3/b21-15-. The first kappa shape index (κ1) is 20.8. The van der Waals surface area contributed by atoms with Gasteiger partial charge in [0.25, 0.3) is 5.91 Å². The molecule has 2 amide bonds. The summed E-state index contributed by atoms with van der Waals surface area (Å²) in [6.45, 7) is 3.88. The minimum Gasteiger partial charge on any atom is -0.342 e. The van der Waals surface area contributed by atoms with Crippen LogP contribution < -0.4 is 0 Å². The Kier molecular flexibility index (Phi) is 6.35. The van der Waals surface area contributed by atoms with E-state index in [1.807, 2.05) is 60.4 Å². The zero-order valence-electron chi connectivity index (χ0n) is 16.9. The minimum atomic E-state index is -0.109. The SMILES string of the molecule is Cc1ccc(/C=C2\SC(=S)N(CCC(=O)N3CCC(c4ccccc4)C3)C2=O)cc1. The smallest absolute Gasteiger partial charge is 0.266 e. The molecule has 0 saturated carbocycles. The number of carbonyl (C=O) groups is 2. The van der Waals surface area contributed by atoms with Crippen molar-refractivity contribution < 1.29 is 9.59 Å². The number of hydrogen-bond donors (Lipinski definition) is 0. The first-order valence-corrected chi connectivity index (χ1v) is 11.4. The number of thiocarbonyl (C=S) groups is 1. The Morgan fingerprint density at radius 1 is 1.17 bits per heavy atom. The summed E-state index contributed by atoms with van der Waals surface area (Å²) in [4.78, 5) is 29.6. The highest BCUT2D eigenvalue weighted by molar-refractivity contribution is 8.26. The largest absolute Gasteiger partial charge is 0.342 e. The van der Waals surface area contributed by atoms with Gasteiger partial charge in [0, 0.05) is 32.0 Å². The van der Waals surface area contributed by atoms with Crippen molar-refractivity contribution in [1.29, 1.82) is 0 Å². The van der Waals surface area contributed by atoms with E-state index in [4.69, 9.17) is 12.2 Å². The lowest BCUT2D eigenvalue weighted by atomic mass is 9.99. The summed E-state index contributed by atoms with van der Waals surface area (Å²) < 4.78 is 0.523. The maximum atomic E-state index is 12.8. The van der Waals surface area contributed by atoms with Crippen molar-refractivity contribution in [3.63, 3.8) is 0 Å². The third kappa shape index (κ3) is 4.65. The number of aryl methyl sites for hydroxylation is 1. The lowest BCUT2D eigenvalue weighted by Gasteiger charge is -2.19. The summed E-state index contributed by atoms with van der Waals surface area (Å²) in [7, 11) is 0. The second-order valence-electron chi connectivity index (χ2n) is 7.73. The molecule has 0 spiro atoms. The van der Waals surface area contributed by atoms with Crippen LogP contribution in [0.5, 0.6) is 0 Å². The Hall–Kier alpha value is -2.44. The van der Waals surface area contributed by atoms with E-state index >= 15 is 0 Å². The van der Waals surface area contributed by atoms with Gasteiger partial charge in [0.15, 0.2) is 0 Å². The summed E-state index contributed by atoms with van der Waals surface area (Å²) in [5, 5.41) is 0. The summed E-state index contributed by atoms with van der Waals surface area (Å²) in [6, 6.07) is 18.4. The number of hydrogen-bond acceptors (Lipinski definition) is 4. The fourth-order valence-corrected chi connectivity index (χ4v) is 5.17. The van der Waals surface area contributed by atoms with Gasteiger partial charge in [0.1, 0.15) is 4.32 Å². The molecule has 0 aromatic heterocycles. The predicted molar refractivity (Wildman–Crippen MR) is 126 cm³/mol. The van der Waals surface area contributed by atoms with Crippen LogP contribution in [0.2, 0.25) is 0 Å². The molecule has 2 fully saturated rings. The molecule has 2 saturated heterocycles. The van der Waals surface area contributed by atoms with Crippen LogP contribution in [-0.4, -0.2) is 45.6 Å². The molecule has 2 aromatic rings. The molecule has 2 aliphatic rings. The van der Waals surface area contributed by atoms with E-state index in [9.17, 15) is 9.59 Å². The predicted octanol–water partition coefficient (Wildman–Crippen LogP) is 4.60. The lowest BCUT2D eigenvalue weighted by molar-refractivity contribution is -0.130.